The van der Waals surface area contributed by atoms with Crippen LogP contribution in [-0.4, -0.2) is 23.0 Å². The Morgan fingerprint density at radius 3 is 2.41 bits per heavy atom. The monoisotopic (exact) mass is 236 g/mol. The first kappa shape index (κ1) is 13.2. The van der Waals surface area contributed by atoms with Crippen molar-refractivity contribution in [3.8, 4) is 0 Å². The summed E-state index contributed by atoms with van der Waals surface area (Å²) >= 11 is 0. The first-order valence-electron chi connectivity index (χ1n) is 5.40. The van der Waals surface area contributed by atoms with Crippen molar-refractivity contribution in [1.82, 2.24) is 5.32 Å². The lowest BCUT2D eigenvalue weighted by Gasteiger charge is -2.16. The Balaban J connectivity index is 2.68. The second-order valence-corrected chi connectivity index (χ2v) is 3.70. The number of benzene rings is 1. The summed E-state index contributed by atoms with van der Waals surface area (Å²) in [5, 5.41) is 11.2. The number of carboxylic acids is 1. The molecule has 0 aliphatic carbocycles. The molecule has 2 atom stereocenters. The Hall–Kier alpha value is -1.88. The van der Waals surface area contributed by atoms with Gasteiger partial charge in [-0.25, -0.2) is 4.79 Å². The Labute approximate surface area is 99.6 Å². The SMILES string of the molecule is CC[C@@H](NC(=O)C(N)c1ccccc1)C(=O)O. The second kappa shape index (κ2) is 6.00. The topological polar surface area (TPSA) is 92.4 Å². The highest BCUT2D eigenvalue weighted by Gasteiger charge is 2.22. The molecule has 0 saturated carbocycles. The maximum Gasteiger partial charge on any atom is 0.326 e. The Morgan fingerprint density at radius 1 is 1.35 bits per heavy atom. The molecule has 0 bridgehead atoms. The summed E-state index contributed by atoms with van der Waals surface area (Å²) in [6.07, 6.45) is 0.322. The number of carbonyl (C=O) groups is 2. The number of amides is 1. The molecular weight excluding hydrogens is 220 g/mol. The van der Waals surface area contributed by atoms with Crippen LogP contribution in [0.4, 0.5) is 0 Å². The van der Waals surface area contributed by atoms with Crippen molar-refractivity contribution in [2.45, 2.75) is 25.4 Å². The smallest absolute Gasteiger partial charge is 0.326 e. The fourth-order valence-corrected chi connectivity index (χ4v) is 1.41. The molecule has 0 saturated heterocycles. The molecule has 5 nitrogen and oxygen atoms in total. The van der Waals surface area contributed by atoms with Crippen LogP contribution < -0.4 is 11.1 Å². The minimum atomic E-state index is -1.05. The van der Waals surface area contributed by atoms with E-state index >= 15 is 0 Å². The summed E-state index contributed by atoms with van der Waals surface area (Å²) < 4.78 is 0. The van der Waals surface area contributed by atoms with Crippen molar-refractivity contribution in [2.75, 3.05) is 0 Å². The largest absolute Gasteiger partial charge is 0.480 e. The van der Waals surface area contributed by atoms with E-state index in [1.165, 1.54) is 0 Å². The zero-order valence-corrected chi connectivity index (χ0v) is 9.59. The van der Waals surface area contributed by atoms with Gasteiger partial charge in [0, 0.05) is 0 Å². The molecular formula is C12H16N2O3. The molecule has 4 N–H and O–H groups in total. The summed E-state index contributed by atoms with van der Waals surface area (Å²) in [5.74, 6) is -1.54. The normalized spacial score (nSPS) is 13.8. The molecule has 1 aromatic rings. The van der Waals surface area contributed by atoms with Crippen LogP contribution in [0.15, 0.2) is 30.3 Å². The number of rotatable bonds is 5. The van der Waals surface area contributed by atoms with E-state index in [-0.39, 0.29) is 0 Å². The van der Waals surface area contributed by atoms with E-state index in [2.05, 4.69) is 5.32 Å². The number of aliphatic carboxylic acids is 1. The van der Waals surface area contributed by atoms with Gasteiger partial charge in [0.2, 0.25) is 5.91 Å². The van der Waals surface area contributed by atoms with Crippen LogP contribution in [0.1, 0.15) is 24.9 Å². The van der Waals surface area contributed by atoms with Gasteiger partial charge < -0.3 is 16.2 Å². The van der Waals surface area contributed by atoms with Crippen LogP contribution in [-0.2, 0) is 9.59 Å². The van der Waals surface area contributed by atoms with E-state index < -0.39 is 24.0 Å². The molecule has 0 aromatic heterocycles. The Morgan fingerprint density at radius 2 is 1.94 bits per heavy atom. The average Bonchev–Trinajstić information content (AvgIpc) is 2.35. The molecule has 17 heavy (non-hydrogen) atoms. The highest BCUT2D eigenvalue weighted by molar-refractivity contribution is 5.87. The van der Waals surface area contributed by atoms with Gasteiger partial charge in [-0.2, -0.15) is 0 Å². The summed E-state index contributed by atoms with van der Waals surface area (Å²) in [6.45, 7) is 1.69. The van der Waals surface area contributed by atoms with Gasteiger partial charge in [0.1, 0.15) is 12.1 Å². The molecule has 0 fully saturated rings. The average molecular weight is 236 g/mol. The summed E-state index contributed by atoms with van der Waals surface area (Å²) in [6, 6.07) is 7.09. The quantitative estimate of drug-likeness (QED) is 0.700. The van der Waals surface area contributed by atoms with E-state index in [9.17, 15) is 9.59 Å². The maximum atomic E-state index is 11.7. The lowest BCUT2D eigenvalue weighted by Crippen LogP contribution is -2.44. The molecule has 0 aliphatic rings. The number of hydrogen-bond donors (Lipinski definition) is 3. The van der Waals surface area contributed by atoms with Crippen LogP contribution in [0.5, 0.6) is 0 Å². The van der Waals surface area contributed by atoms with Crippen molar-refractivity contribution in [3.05, 3.63) is 35.9 Å². The van der Waals surface area contributed by atoms with Crippen molar-refractivity contribution >= 4 is 11.9 Å². The number of hydrogen-bond acceptors (Lipinski definition) is 3. The van der Waals surface area contributed by atoms with E-state index in [1.807, 2.05) is 6.07 Å². The van der Waals surface area contributed by atoms with Crippen molar-refractivity contribution < 1.29 is 14.7 Å². The molecule has 1 unspecified atom stereocenters. The first-order chi connectivity index (χ1) is 8.06. The molecule has 0 spiro atoms. The number of carbonyl (C=O) groups excluding carboxylic acids is 1. The fourth-order valence-electron chi connectivity index (χ4n) is 1.41. The number of carboxylic acid groups (broad SMARTS) is 1. The molecule has 0 radical (unpaired) electrons. The Bertz CT molecular complexity index is 392. The summed E-state index contributed by atoms with van der Waals surface area (Å²) in [5.41, 5.74) is 6.39. The zero-order valence-electron chi connectivity index (χ0n) is 9.59. The van der Waals surface area contributed by atoms with Crippen LogP contribution >= 0.6 is 0 Å². The molecule has 0 heterocycles. The van der Waals surface area contributed by atoms with Gasteiger partial charge in [-0.1, -0.05) is 37.3 Å². The highest BCUT2D eigenvalue weighted by Crippen LogP contribution is 2.09. The van der Waals surface area contributed by atoms with Crippen LogP contribution in [0.3, 0.4) is 0 Å². The van der Waals surface area contributed by atoms with Gasteiger partial charge in [0.15, 0.2) is 0 Å². The minimum Gasteiger partial charge on any atom is -0.480 e. The van der Waals surface area contributed by atoms with Crippen molar-refractivity contribution in [3.63, 3.8) is 0 Å². The highest BCUT2D eigenvalue weighted by atomic mass is 16.4. The van der Waals surface area contributed by atoms with Gasteiger partial charge in [-0.3, -0.25) is 4.79 Å². The molecule has 1 amide bonds. The van der Waals surface area contributed by atoms with Crippen LogP contribution in [0, 0.1) is 0 Å². The lowest BCUT2D eigenvalue weighted by molar-refractivity contribution is -0.142. The molecule has 1 aromatic carbocycles. The predicted molar refractivity (Wildman–Crippen MR) is 63.2 cm³/mol. The van der Waals surface area contributed by atoms with Crippen LogP contribution in [0.25, 0.3) is 0 Å². The maximum absolute atomic E-state index is 11.7. The van der Waals surface area contributed by atoms with Gasteiger partial charge in [0.05, 0.1) is 0 Å². The molecule has 5 heteroatoms. The Kier molecular flexibility index (Phi) is 4.66. The summed E-state index contributed by atoms with van der Waals surface area (Å²) in [4.78, 5) is 22.5. The number of nitrogens with one attached hydrogen (secondary N) is 1. The van der Waals surface area contributed by atoms with Gasteiger partial charge in [-0.05, 0) is 12.0 Å². The zero-order chi connectivity index (χ0) is 12.8. The molecule has 1 rings (SSSR count). The van der Waals surface area contributed by atoms with E-state index in [0.29, 0.717) is 12.0 Å². The minimum absolute atomic E-state index is 0.322. The third-order valence-corrected chi connectivity index (χ3v) is 2.46. The van der Waals surface area contributed by atoms with E-state index in [1.54, 1.807) is 31.2 Å². The second-order valence-electron chi connectivity index (χ2n) is 3.70. The van der Waals surface area contributed by atoms with Gasteiger partial charge in [0.25, 0.3) is 0 Å². The first-order valence-corrected chi connectivity index (χ1v) is 5.40. The standard InChI is InChI=1S/C12H16N2O3/c1-2-9(12(16)17)14-11(15)10(13)8-6-4-3-5-7-8/h3-7,9-10H,2,13H2,1H3,(H,14,15)(H,16,17)/t9-,10?/m1/s1. The fraction of sp³-hybridized carbons (Fsp3) is 0.333. The molecule has 92 valence electrons. The van der Waals surface area contributed by atoms with Crippen molar-refractivity contribution in [2.24, 2.45) is 5.73 Å². The predicted octanol–water partition coefficient (Wildman–Crippen LogP) is 0.666. The van der Waals surface area contributed by atoms with Crippen molar-refractivity contribution in [1.29, 1.82) is 0 Å². The van der Waals surface area contributed by atoms with Gasteiger partial charge in [-0.15, -0.1) is 0 Å². The third kappa shape index (κ3) is 3.57. The number of nitrogens with two attached hydrogens (primary N) is 1. The lowest BCUT2D eigenvalue weighted by atomic mass is 10.1. The van der Waals surface area contributed by atoms with E-state index in [0.717, 1.165) is 0 Å². The van der Waals surface area contributed by atoms with E-state index in [4.69, 9.17) is 10.8 Å². The third-order valence-electron chi connectivity index (χ3n) is 2.46. The van der Waals surface area contributed by atoms with Crippen LogP contribution in [0.2, 0.25) is 0 Å². The van der Waals surface area contributed by atoms with Gasteiger partial charge >= 0.3 is 5.97 Å². The molecule has 0 aliphatic heterocycles. The summed E-state index contributed by atoms with van der Waals surface area (Å²) in [7, 11) is 0.